The van der Waals surface area contributed by atoms with Crippen molar-refractivity contribution in [2.24, 2.45) is 0 Å². The highest BCUT2D eigenvalue weighted by atomic mass is 35.5. The Kier molecular flexibility index (Phi) is 5.31. The highest BCUT2D eigenvalue weighted by molar-refractivity contribution is 7.18. The molecule has 0 bridgehead atoms. The molecule has 0 fully saturated rings. The molecule has 5 nitrogen and oxygen atoms in total. The molecule has 1 amide bonds. The number of anilines is 1. The van der Waals surface area contributed by atoms with Crippen LogP contribution in [-0.2, 0) is 4.79 Å². The molecule has 128 valence electrons. The second-order valence-electron chi connectivity index (χ2n) is 5.49. The van der Waals surface area contributed by atoms with Crippen molar-refractivity contribution in [1.82, 2.24) is 10.2 Å². The van der Waals surface area contributed by atoms with E-state index in [-0.39, 0.29) is 5.91 Å². The van der Waals surface area contributed by atoms with Gasteiger partial charge in [-0.3, -0.25) is 10.1 Å². The van der Waals surface area contributed by atoms with E-state index in [1.807, 2.05) is 43.3 Å². The van der Waals surface area contributed by atoms with Gasteiger partial charge in [0.25, 0.3) is 5.91 Å². The highest BCUT2D eigenvalue weighted by Crippen LogP contribution is 2.27. The third-order valence-electron chi connectivity index (χ3n) is 3.42. The molecular weight excluding hydrogens is 358 g/mol. The Morgan fingerprint density at radius 3 is 2.68 bits per heavy atom. The number of rotatable bonds is 5. The van der Waals surface area contributed by atoms with Crippen molar-refractivity contribution >= 4 is 34.0 Å². The van der Waals surface area contributed by atoms with E-state index in [1.54, 1.807) is 19.1 Å². The Labute approximate surface area is 154 Å². The quantitative estimate of drug-likeness (QED) is 0.711. The summed E-state index contributed by atoms with van der Waals surface area (Å²) in [6, 6.07) is 14.8. The molecule has 1 N–H and O–H groups in total. The van der Waals surface area contributed by atoms with Gasteiger partial charge in [0.05, 0.1) is 0 Å². The first-order valence-corrected chi connectivity index (χ1v) is 8.84. The smallest absolute Gasteiger partial charge is 0.266 e. The molecule has 3 rings (SSSR count). The van der Waals surface area contributed by atoms with E-state index in [2.05, 4.69) is 15.5 Å². The number of nitrogens with one attached hydrogen (secondary N) is 1. The monoisotopic (exact) mass is 373 g/mol. The van der Waals surface area contributed by atoms with E-state index in [9.17, 15) is 4.79 Å². The van der Waals surface area contributed by atoms with Gasteiger partial charge in [-0.1, -0.05) is 47.2 Å². The molecule has 2 aromatic carbocycles. The standard InChI is InChI=1S/C18H16ClN3O2S/c1-11-4-3-5-15(10-11)24-12(2)16(23)20-18-22-21-17(25-18)13-6-8-14(19)9-7-13/h3-10,12H,1-2H3,(H,20,22,23). The maximum Gasteiger partial charge on any atom is 0.266 e. The Hall–Kier alpha value is -2.44. The van der Waals surface area contributed by atoms with Gasteiger partial charge >= 0.3 is 0 Å². The van der Waals surface area contributed by atoms with Crippen LogP contribution in [0.2, 0.25) is 5.02 Å². The summed E-state index contributed by atoms with van der Waals surface area (Å²) in [5.74, 6) is 0.377. The second kappa shape index (κ2) is 7.63. The van der Waals surface area contributed by atoms with Crippen LogP contribution < -0.4 is 10.1 Å². The van der Waals surface area contributed by atoms with E-state index >= 15 is 0 Å². The van der Waals surface area contributed by atoms with Crippen LogP contribution >= 0.6 is 22.9 Å². The molecule has 7 heteroatoms. The molecule has 0 aliphatic heterocycles. The molecule has 0 aliphatic rings. The fraction of sp³-hybridized carbons (Fsp3) is 0.167. The van der Waals surface area contributed by atoms with Crippen LogP contribution in [0.5, 0.6) is 5.75 Å². The lowest BCUT2D eigenvalue weighted by Gasteiger charge is -2.13. The summed E-state index contributed by atoms with van der Waals surface area (Å²) in [7, 11) is 0. The topological polar surface area (TPSA) is 64.1 Å². The molecule has 1 atom stereocenters. The molecule has 1 heterocycles. The van der Waals surface area contributed by atoms with Crippen LogP contribution in [-0.4, -0.2) is 22.2 Å². The third kappa shape index (κ3) is 4.55. The van der Waals surface area contributed by atoms with Gasteiger partial charge in [-0.15, -0.1) is 10.2 Å². The second-order valence-corrected chi connectivity index (χ2v) is 6.90. The van der Waals surface area contributed by atoms with Gasteiger partial charge in [0, 0.05) is 10.6 Å². The van der Waals surface area contributed by atoms with E-state index in [0.717, 1.165) is 11.1 Å². The minimum Gasteiger partial charge on any atom is -0.481 e. The van der Waals surface area contributed by atoms with Crippen molar-refractivity contribution in [1.29, 1.82) is 0 Å². The van der Waals surface area contributed by atoms with Crippen molar-refractivity contribution in [3.8, 4) is 16.3 Å². The fourth-order valence-electron chi connectivity index (χ4n) is 2.14. The number of amides is 1. The highest BCUT2D eigenvalue weighted by Gasteiger charge is 2.17. The van der Waals surface area contributed by atoms with Crippen LogP contribution in [0.4, 0.5) is 5.13 Å². The normalized spacial score (nSPS) is 11.8. The Balaban J connectivity index is 1.64. The van der Waals surface area contributed by atoms with Gasteiger partial charge in [0.2, 0.25) is 5.13 Å². The minimum atomic E-state index is -0.648. The summed E-state index contributed by atoms with van der Waals surface area (Å²) >= 11 is 7.17. The van der Waals surface area contributed by atoms with Gasteiger partial charge in [-0.05, 0) is 43.7 Å². The van der Waals surface area contributed by atoms with Gasteiger partial charge in [0.1, 0.15) is 10.8 Å². The number of benzene rings is 2. The van der Waals surface area contributed by atoms with Crippen molar-refractivity contribution in [2.75, 3.05) is 5.32 Å². The number of halogens is 1. The molecule has 1 unspecified atom stereocenters. The van der Waals surface area contributed by atoms with E-state index in [4.69, 9.17) is 16.3 Å². The number of aromatic nitrogens is 2. The lowest BCUT2D eigenvalue weighted by molar-refractivity contribution is -0.122. The molecule has 0 saturated carbocycles. The zero-order chi connectivity index (χ0) is 17.8. The van der Waals surface area contributed by atoms with Crippen molar-refractivity contribution in [2.45, 2.75) is 20.0 Å². The number of carbonyl (C=O) groups is 1. The summed E-state index contributed by atoms with van der Waals surface area (Å²) in [6.45, 7) is 3.66. The molecule has 3 aromatic rings. The zero-order valence-electron chi connectivity index (χ0n) is 13.7. The average Bonchev–Trinajstić information content (AvgIpc) is 3.04. The van der Waals surface area contributed by atoms with Crippen LogP contribution in [0.25, 0.3) is 10.6 Å². The first-order valence-electron chi connectivity index (χ1n) is 7.65. The van der Waals surface area contributed by atoms with Crippen LogP contribution in [0.15, 0.2) is 48.5 Å². The number of carbonyl (C=O) groups excluding carboxylic acids is 1. The number of nitrogens with zero attached hydrogens (tertiary/aromatic N) is 2. The molecular formula is C18H16ClN3O2S. The molecule has 0 spiro atoms. The van der Waals surface area contributed by atoms with E-state index < -0.39 is 6.10 Å². The summed E-state index contributed by atoms with van der Waals surface area (Å²) in [6.07, 6.45) is -0.648. The number of hydrogen-bond donors (Lipinski definition) is 1. The first kappa shape index (κ1) is 17.4. The fourth-order valence-corrected chi connectivity index (χ4v) is 3.01. The maximum absolute atomic E-state index is 12.3. The zero-order valence-corrected chi connectivity index (χ0v) is 15.3. The molecule has 0 saturated heterocycles. The van der Waals surface area contributed by atoms with Crippen LogP contribution in [0, 0.1) is 6.92 Å². The lowest BCUT2D eigenvalue weighted by Crippen LogP contribution is -2.30. The van der Waals surface area contributed by atoms with Crippen LogP contribution in [0.1, 0.15) is 12.5 Å². The summed E-state index contributed by atoms with van der Waals surface area (Å²) in [5.41, 5.74) is 1.97. The van der Waals surface area contributed by atoms with Gasteiger partial charge in [-0.2, -0.15) is 0 Å². The molecule has 1 aromatic heterocycles. The number of ether oxygens (including phenoxy) is 1. The van der Waals surface area contributed by atoms with Gasteiger partial charge in [0.15, 0.2) is 6.10 Å². The minimum absolute atomic E-state index is 0.277. The molecule has 25 heavy (non-hydrogen) atoms. The average molecular weight is 374 g/mol. The van der Waals surface area contributed by atoms with Gasteiger partial charge in [-0.25, -0.2) is 0 Å². The largest absolute Gasteiger partial charge is 0.481 e. The van der Waals surface area contributed by atoms with E-state index in [1.165, 1.54) is 11.3 Å². The van der Waals surface area contributed by atoms with E-state index in [0.29, 0.717) is 20.9 Å². The van der Waals surface area contributed by atoms with Gasteiger partial charge < -0.3 is 4.74 Å². The number of hydrogen-bond acceptors (Lipinski definition) is 5. The Morgan fingerprint density at radius 1 is 1.20 bits per heavy atom. The van der Waals surface area contributed by atoms with Crippen molar-refractivity contribution < 1.29 is 9.53 Å². The Bertz CT molecular complexity index is 880. The molecule has 0 aliphatic carbocycles. The first-order chi connectivity index (χ1) is 12.0. The molecule has 0 radical (unpaired) electrons. The van der Waals surface area contributed by atoms with Crippen molar-refractivity contribution in [3.05, 3.63) is 59.1 Å². The Morgan fingerprint density at radius 2 is 1.96 bits per heavy atom. The third-order valence-corrected chi connectivity index (χ3v) is 4.56. The number of aryl methyl sites for hydroxylation is 1. The summed E-state index contributed by atoms with van der Waals surface area (Å²) in [5, 5.41) is 12.6. The lowest BCUT2D eigenvalue weighted by atomic mass is 10.2. The predicted molar refractivity (Wildman–Crippen MR) is 100 cm³/mol. The SMILES string of the molecule is Cc1cccc(OC(C)C(=O)Nc2nnc(-c3ccc(Cl)cc3)s2)c1. The van der Waals surface area contributed by atoms with Crippen molar-refractivity contribution in [3.63, 3.8) is 0 Å². The summed E-state index contributed by atoms with van der Waals surface area (Å²) in [4.78, 5) is 12.3. The summed E-state index contributed by atoms with van der Waals surface area (Å²) < 4.78 is 5.66. The van der Waals surface area contributed by atoms with Crippen LogP contribution in [0.3, 0.4) is 0 Å². The predicted octanol–water partition coefficient (Wildman–Crippen LogP) is 4.57. The maximum atomic E-state index is 12.3.